The lowest BCUT2D eigenvalue weighted by Crippen LogP contribution is -2.26. The van der Waals surface area contributed by atoms with E-state index in [1.54, 1.807) is 0 Å². The number of aromatic nitrogens is 1. The van der Waals surface area contributed by atoms with Crippen LogP contribution in [0.15, 0.2) is 20.8 Å². The topological polar surface area (TPSA) is 92.8 Å². The normalized spacial score (nSPS) is 23.6. The predicted molar refractivity (Wildman–Crippen MR) is 107 cm³/mol. The van der Waals surface area contributed by atoms with Crippen LogP contribution in [-0.4, -0.2) is 33.6 Å². The molecule has 6 heteroatoms. The number of carbonyl (C=O) groups is 2. The lowest BCUT2D eigenvalue weighted by Gasteiger charge is -2.26. The van der Waals surface area contributed by atoms with Gasteiger partial charge in [-0.15, -0.1) is 0 Å². The van der Waals surface area contributed by atoms with Crippen molar-refractivity contribution >= 4 is 17.3 Å². The molecule has 1 fully saturated rings. The van der Waals surface area contributed by atoms with Gasteiger partial charge in [-0.3, -0.25) is 14.6 Å². The van der Waals surface area contributed by atoms with Crippen molar-refractivity contribution < 1.29 is 19.2 Å². The summed E-state index contributed by atoms with van der Waals surface area (Å²) in [5.74, 6) is 0.677. The number of hydrogen-bond acceptors (Lipinski definition) is 6. The van der Waals surface area contributed by atoms with E-state index >= 15 is 0 Å². The van der Waals surface area contributed by atoms with Crippen molar-refractivity contribution in [3.63, 3.8) is 0 Å². The van der Waals surface area contributed by atoms with Crippen LogP contribution in [0.25, 0.3) is 0 Å². The van der Waals surface area contributed by atoms with Crippen molar-refractivity contribution in [3.8, 4) is 0 Å². The average Bonchev–Trinajstić information content (AvgIpc) is 3.01. The summed E-state index contributed by atoms with van der Waals surface area (Å²) < 4.78 is 5.42. The zero-order chi connectivity index (χ0) is 20.5. The summed E-state index contributed by atoms with van der Waals surface area (Å²) in [5.41, 5.74) is 2.10. The number of allylic oxidation sites excluding steroid dienone is 2. The molecule has 1 unspecified atom stereocenters. The summed E-state index contributed by atoms with van der Waals surface area (Å²) in [4.78, 5) is 29.6. The first-order valence-electron chi connectivity index (χ1n) is 10.2. The average molecular weight is 386 g/mol. The Morgan fingerprint density at radius 3 is 2.71 bits per heavy atom. The quantitative estimate of drug-likeness (QED) is 0.591. The highest BCUT2D eigenvalue weighted by Crippen LogP contribution is 2.36. The molecular formula is C22H30N2O4. The minimum atomic E-state index is -0.124. The SMILES string of the molecule is CCC(C)N=C1CCCC(=O)/C1=C(/O)CCc1noc2c1C(=O)CC(C)(C)C2. The van der Waals surface area contributed by atoms with Gasteiger partial charge in [0.2, 0.25) is 0 Å². The second kappa shape index (κ2) is 8.02. The first kappa shape index (κ1) is 20.5. The van der Waals surface area contributed by atoms with Crippen LogP contribution in [0.4, 0.5) is 0 Å². The summed E-state index contributed by atoms with van der Waals surface area (Å²) in [6.45, 7) is 8.14. The van der Waals surface area contributed by atoms with E-state index in [1.165, 1.54) is 0 Å². The predicted octanol–water partition coefficient (Wildman–Crippen LogP) is 4.57. The number of fused-ring (bicyclic) bond motifs is 1. The van der Waals surface area contributed by atoms with E-state index in [0.29, 0.717) is 60.4 Å². The second-order valence-corrected chi connectivity index (χ2v) is 8.80. The highest BCUT2D eigenvalue weighted by molar-refractivity contribution is 6.24. The first-order chi connectivity index (χ1) is 13.2. The molecule has 2 aliphatic carbocycles. The van der Waals surface area contributed by atoms with E-state index in [1.807, 2.05) is 20.8 Å². The van der Waals surface area contributed by atoms with Gasteiger partial charge in [0.1, 0.15) is 11.5 Å². The van der Waals surface area contributed by atoms with Gasteiger partial charge in [0.05, 0.1) is 16.8 Å². The van der Waals surface area contributed by atoms with Gasteiger partial charge in [0.25, 0.3) is 0 Å². The van der Waals surface area contributed by atoms with Crippen molar-refractivity contribution in [1.82, 2.24) is 5.16 Å². The third kappa shape index (κ3) is 4.26. The van der Waals surface area contributed by atoms with Gasteiger partial charge in [-0.2, -0.15) is 0 Å². The van der Waals surface area contributed by atoms with Crippen LogP contribution in [0.3, 0.4) is 0 Å². The van der Waals surface area contributed by atoms with E-state index in [9.17, 15) is 14.7 Å². The Hall–Kier alpha value is -2.24. The number of hydrogen-bond donors (Lipinski definition) is 1. The number of rotatable bonds is 5. The molecule has 1 heterocycles. The van der Waals surface area contributed by atoms with E-state index in [-0.39, 0.29) is 35.2 Å². The van der Waals surface area contributed by atoms with Crippen LogP contribution in [0, 0.1) is 5.41 Å². The monoisotopic (exact) mass is 386 g/mol. The van der Waals surface area contributed by atoms with Gasteiger partial charge in [-0.25, -0.2) is 0 Å². The minimum absolute atomic E-state index is 0.0439. The zero-order valence-electron chi connectivity index (χ0n) is 17.3. The molecule has 1 saturated carbocycles. The van der Waals surface area contributed by atoms with Gasteiger partial charge >= 0.3 is 0 Å². The Morgan fingerprint density at radius 1 is 1.25 bits per heavy atom. The standard InChI is InChI=1S/C22H30N2O4/c1-5-13(2)23-14-7-6-8-16(25)20(14)17(26)10-9-15-21-18(27)11-22(3,4)12-19(21)28-24-15/h13,26H,5-12H2,1-4H3/b20-17+,23-14?. The maximum absolute atomic E-state index is 12.5. The number of aryl methyl sites for hydroxylation is 1. The molecule has 3 rings (SSSR count). The fraction of sp³-hybridized carbons (Fsp3) is 0.636. The first-order valence-corrected chi connectivity index (χ1v) is 10.2. The highest BCUT2D eigenvalue weighted by Gasteiger charge is 2.36. The van der Waals surface area contributed by atoms with Crippen LogP contribution < -0.4 is 0 Å². The molecule has 0 radical (unpaired) electrons. The Morgan fingerprint density at radius 2 is 2.00 bits per heavy atom. The summed E-state index contributed by atoms with van der Waals surface area (Å²) in [6.07, 6.45) is 4.56. The van der Waals surface area contributed by atoms with Crippen molar-refractivity contribution in [3.05, 3.63) is 28.3 Å². The van der Waals surface area contributed by atoms with Crippen molar-refractivity contribution in [2.45, 2.75) is 85.1 Å². The van der Waals surface area contributed by atoms with Crippen LogP contribution >= 0.6 is 0 Å². The fourth-order valence-corrected chi connectivity index (χ4v) is 3.99. The molecule has 0 amide bonds. The van der Waals surface area contributed by atoms with Crippen LogP contribution in [0.1, 0.15) is 88.0 Å². The van der Waals surface area contributed by atoms with E-state index < -0.39 is 0 Å². The number of ketones is 2. The van der Waals surface area contributed by atoms with E-state index in [0.717, 1.165) is 12.8 Å². The molecule has 0 bridgehead atoms. The minimum Gasteiger partial charge on any atom is -0.511 e. The van der Waals surface area contributed by atoms with Gasteiger partial charge in [-0.1, -0.05) is 25.9 Å². The smallest absolute Gasteiger partial charge is 0.168 e. The number of carbonyl (C=O) groups excluding carboxylic acids is 2. The largest absolute Gasteiger partial charge is 0.511 e. The Bertz CT molecular complexity index is 845. The molecule has 0 aromatic carbocycles. The van der Waals surface area contributed by atoms with Gasteiger partial charge in [0, 0.05) is 43.9 Å². The molecule has 28 heavy (non-hydrogen) atoms. The van der Waals surface area contributed by atoms with Crippen LogP contribution in [-0.2, 0) is 17.6 Å². The summed E-state index contributed by atoms with van der Waals surface area (Å²) in [6, 6.07) is 0.118. The molecule has 2 aliphatic rings. The molecule has 0 aliphatic heterocycles. The number of nitrogens with zero attached hydrogens (tertiary/aromatic N) is 2. The third-order valence-corrected chi connectivity index (χ3v) is 5.63. The van der Waals surface area contributed by atoms with Crippen LogP contribution in [0.5, 0.6) is 0 Å². The summed E-state index contributed by atoms with van der Waals surface area (Å²) >= 11 is 0. The van der Waals surface area contributed by atoms with Gasteiger partial charge in [-0.05, 0) is 31.6 Å². The number of aliphatic hydroxyl groups is 1. The van der Waals surface area contributed by atoms with E-state index in [2.05, 4.69) is 17.1 Å². The molecule has 1 aromatic rings. The third-order valence-electron chi connectivity index (χ3n) is 5.63. The van der Waals surface area contributed by atoms with Crippen molar-refractivity contribution in [1.29, 1.82) is 0 Å². The Labute approximate surface area is 166 Å². The zero-order valence-corrected chi connectivity index (χ0v) is 17.3. The van der Waals surface area contributed by atoms with E-state index in [4.69, 9.17) is 4.52 Å². The molecule has 1 atom stereocenters. The maximum Gasteiger partial charge on any atom is 0.168 e. The summed E-state index contributed by atoms with van der Waals surface area (Å²) in [7, 11) is 0. The molecular weight excluding hydrogens is 356 g/mol. The fourth-order valence-electron chi connectivity index (χ4n) is 3.99. The number of aliphatic imine (C=N–C) groups is 1. The molecule has 0 spiro atoms. The Balaban J connectivity index is 1.82. The molecule has 1 aromatic heterocycles. The highest BCUT2D eigenvalue weighted by atomic mass is 16.5. The number of Topliss-reactive ketones (excluding diaryl/α,β-unsaturated/α-hetero) is 2. The van der Waals surface area contributed by atoms with Crippen molar-refractivity contribution in [2.75, 3.05) is 0 Å². The second-order valence-electron chi connectivity index (χ2n) is 8.80. The maximum atomic E-state index is 12.5. The molecule has 1 N–H and O–H groups in total. The molecule has 152 valence electrons. The lowest BCUT2D eigenvalue weighted by atomic mass is 9.76. The molecule has 0 saturated heterocycles. The summed E-state index contributed by atoms with van der Waals surface area (Å²) in [5, 5.41) is 14.8. The van der Waals surface area contributed by atoms with Gasteiger partial charge in [0.15, 0.2) is 11.6 Å². The van der Waals surface area contributed by atoms with Crippen molar-refractivity contribution in [2.24, 2.45) is 10.4 Å². The number of aliphatic hydroxyl groups excluding tert-OH is 1. The lowest BCUT2D eigenvalue weighted by molar-refractivity contribution is -0.115. The van der Waals surface area contributed by atoms with Gasteiger partial charge < -0.3 is 9.63 Å². The Kier molecular flexibility index (Phi) is 5.87. The molecule has 6 nitrogen and oxygen atoms in total. The van der Waals surface area contributed by atoms with Crippen LogP contribution in [0.2, 0.25) is 0 Å².